The van der Waals surface area contributed by atoms with Crippen LogP contribution < -0.4 is 10.6 Å². The van der Waals surface area contributed by atoms with Gasteiger partial charge in [-0.05, 0) is 30.7 Å². The first-order valence-corrected chi connectivity index (χ1v) is 9.00. The lowest BCUT2D eigenvalue weighted by molar-refractivity contribution is -0.138. The smallest absolute Gasteiger partial charge is 0.322 e. The van der Waals surface area contributed by atoms with Crippen LogP contribution in [0.1, 0.15) is 15.9 Å². The molecule has 0 saturated heterocycles. The van der Waals surface area contributed by atoms with Crippen LogP contribution in [0.3, 0.4) is 0 Å². The second-order valence-electron chi connectivity index (χ2n) is 5.58. The summed E-state index contributed by atoms with van der Waals surface area (Å²) in [6, 6.07) is 15.7. The molecule has 2 amide bonds. The number of hydrogen-bond acceptors (Lipinski definition) is 4. The molecule has 7 heteroatoms. The zero-order valence-corrected chi connectivity index (χ0v) is 15.1. The van der Waals surface area contributed by atoms with E-state index in [1.165, 1.54) is 11.8 Å². The highest BCUT2D eigenvalue weighted by Gasteiger charge is 2.22. The SMILES string of the molecule is Cc1ccccc1C(=O)NC(CSc1ccccc1)C(=O)NCC(=O)O. The van der Waals surface area contributed by atoms with E-state index in [0.717, 1.165) is 10.5 Å². The summed E-state index contributed by atoms with van der Waals surface area (Å²) in [5.41, 5.74) is 1.28. The van der Waals surface area contributed by atoms with E-state index in [9.17, 15) is 14.4 Å². The zero-order chi connectivity index (χ0) is 18.9. The van der Waals surface area contributed by atoms with Gasteiger partial charge in [-0.1, -0.05) is 36.4 Å². The number of hydrogen-bond donors (Lipinski definition) is 3. The molecule has 26 heavy (non-hydrogen) atoms. The molecule has 0 fully saturated rings. The van der Waals surface area contributed by atoms with Crippen LogP contribution in [0, 0.1) is 6.92 Å². The monoisotopic (exact) mass is 372 g/mol. The highest BCUT2D eigenvalue weighted by molar-refractivity contribution is 7.99. The van der Waals surface area contributed by atoms with Gasteiger partial charge in [0.05, 0.1) is 0 Å². The Kier molecular flexibility index (Phi) is 7.23. The van der Waals surface area contributed by atoms with Gasteiger partial charge in [0.1, 0.15) is 12.6 Å². The van der Waals surface area contributed by atoms with Crippen LogP contribution in [0.15, 0.2) is 59.5 Å². The van der Waals surface area contributed by atoms with Gasteiger partial charge in [0.15, 0.2) is 0 Å². The Morgan fingerprint density at radius 3 is 2.35 bits per heavy atom. The molecule has 0 bridgehead atoms. The predicted octanol–water partition coefficient (Wildman–Crippen LogP) is 2.09. The molecular weight excluding hydrogens is 352 g/mol. The number of amides is 2. The van der Waals surface area contributed by atoms with Gasteiger partial charge in [-0.3, -0.25) is 14.4 Å². The van der Waals surface area contributed by atoms with E-state index >= 15 is 0 Å². The molecule has 0 aliphatic heterocycles. The van der Waals surface area contributed by atoms with E-state index in [0.29, 0.717) is 5.56 Å². The first-order valence-electron chi connectivity index (χ1n) is 8.01. The minimum Gasteiger partial charge on any atom is -0.480 e. The Balaban J connectivity index is 2.08. The molecular formula is C19H20N2O4S. The quantitative estimate of drug-likeness (QED) is 0.617. The molecule has 0 saturated carbocycles. The maximum Gasteiger partial charge on any atom is 0.322 e. The third kappa shape index (κ3) is 5.93. The maximum atomic E-state index is 12.5. The summed E-state index contributed by atoms with van der Waals surface area (Å²) >= 11 is 1.41. The molecule has 2 rings (SSSR count). The number of aryl methyl sites for hydroxylation is 1. The van der Waals surface area contributed by atoms with Gasteiger partial charge in [0.25, 0.3) is 5.91 Å². The van der Waals surface area contributed by atoms with Crippen molar-refractivity contribution in [1.29, 1.82) is 0 Å². The molecule has 0 radical (unpaired) electrons. The van der Waals surface area contributed by atoms with E-state index in [1.807, 2.05) is 49.4 Å². The lowest BCUT2D eigenvalue weighted by Gasteiger charge is -2.18. The minimum atomic E-state index is -1.14. The van der Waals surface area contributed by atoms with Crippen LogP contribution in [0.5, 0.6) is 0 Å². The van der Waals surface area contributed by atoms with Crippen molar-refractivity contribution >= 4 is 29.5 Å². The lowest BCUT2D eigenvalue weighted by Crippen LogP contribution is -2.49. The van der Waals surface area contributed by atoms with Gasteiger partial charge in [0, 0.05) is 16.2 Å². The summed E-state index contributed by atoms with van der Waals surface area (Å²) < 4.78 is 0. The van der Waals surface area contributed by atoms with Crippen LogP contribution in [-0.4, -0.2) is 41.2 Å². The third-order valence-corrected chi connectivity index (χ3v) is 4.69. The number of nitrogens with one attached hydrogen (secondary N) is 2. The van der Waals surface area contributed by atoms with E-state index in [1.54, 1.807) is 12.1 Å². The van der Waals surface area contributed by atoms with E-state index in [-0.39, 0.29) is 11.7 Å². The van der Waals surface area contributed by atoms with Crippen LogP contribution >= 0.6 is 11.8 Å². The van der Waals surface area contributed by atoms with Crippen molar-refractivity contribution in [2.24, 2.45) is 0 Å². The fraction of sp³-hybridized carbons (Fsp3) is 0.211. The van der Waals surface area contributed by atoms with Crippen molar-refractivity contribution in [3.8, 4) is 0 Å². The molecule has 0 aliphatic rings. The minimum absolute atomic E-state index is 0.285. The molecule has 136 valence electrons. The van der Waals surface area contributed by atoms with Crippen LogP contribution in [-0.2, 0) is 9.59 Å². The van der Waals surface area contributed by atoms with Crippen molar-refractivity contribution in [2.75, 3.05) is 12.3 Å². The number of aliphatic carboxylic acids is 1. The van der Waals surface area contributed by atoms with Crippen molar-refractivity contribution in [1.82, 2.24) is 10.6 Å². The molecule has 0 heterocycles. The number of benzene rings is 2. The molecule has 6 nitrogen and oxygen atoms in total. The number of rotatable bonds is 8. The number of carbonyl (C=O) groups is 3. The van der Waals surface area contributed by atoms with Gasteiger partial charge >= 0.3 is 5.97 Å². The topological polar surface area (TPSA) is 95.5 Å². The Bertz CT molecular complexity index is 780. The van der Waals surface area contributed by atoms with Gasteiger partial charge in [0.2, 0.25) is 5.91 Å². The van der Waals surface area contributed by atoms with Gasteiger partial charge in [-0.15, -0.1) is 11.8 Å². The molecule has 0 aromatic heterocycles. The third-order valence-electron chi connectivity index (χ3n) is 3.59. The summed E-state index contributed by atoms with van der Waals surface area (Å²) in [6.07, 6.45) is 0. The van der Waals surface area contributed by atoms with Crippen molar-refractivity contribution in [3.63, 3.8) is 0 Å². The first-order chi connectivity index (χ1) is 12.5. The van der Waals surface area contributed by atoms with E-state index < -0.39 is 24.5 Å². The fourth-order valence-corrected chi connectivity index (χ4v) is 3.17. The summed E-state index contributed by atoms with van der Waals surface area (Å²) in [4.78, 5) is 36.5. The molecule has 3 N–H and O–H groups in total. The summed E-state index contributed by atoms with van der Waals surface area (Å²) in [5, 5.41) is 13.8. The fourth-order valence-electron chi connectivity index (χ4n) is 2.23. The van der Waals surface area contributed by atoms with Crippen molar-refractivity contribution in [2.45, 2.75) is 17.9 Å². The molecule has 1 unspecified atom stereocenters. The average Bonchev–Trinajstić information content (AvgIpc) is 2.64. The normalized spacial score (nSPS) is 11.4. The molecule has 0 aliphatic carbocycles. The van der Waals surface area contributed by atoms with Crippen LogP contribution in [0.25, 0.3) is 0 Å². The second-order valence-corrected chi connectivity index (χ2v) is 6.67. The Morgan fingerprint density at radius 2 is 1.69 bits per heavy atom. The number of thioether (sulfide) groups is 1. The second kappa shape index (κ2) is 9.62. The van der Waals surface area contributed by atoms with Gasteiger partial charge in [-0.2, -0.15) is 0 Å². The number of carbonyl (C=O) groups excluding carboxylic acids is 2. The van der Waals surface area contributed by atoms with Crippen molar-refractivity contribution in [3.05, 3.63) is 65.7 Å². The Labute approximate surface area is 156 Å². The van der Waals surface area contributed by atoms with Crippen LogP contribution in [0.4, 0.5) is 0 Å². The molecule has 2 aromatic rings. The zero-order valence-electron chi connectivity index (χ0n) is 14.3. The number of carboxylic acid groups (broad SMARTS) is 1. The van der Waals surface area contributed by atoms with Crippen molar-refractivity contribution < 1.29 is 19.5 Å². The highest BCUT2D eigenvalue weighted by Crippen LogP contribution is 2.18. The maximum absolute atomic E-state index is 12.5. The Hall–Kier alpha value is -2.80. The molecule has 0 spiro atoms. The van der Waals surface area contributed by atoms with E-state index in [4.69, 9.17) is 5.11 Å². The largest absolute Gasteiger partial charge is 0.480 e. The van der Waals surface area contributed by atoms with E-state index in [2.05, 4.69) is 10.6 Å². The molecule has 2 aromatic carbocycles. The summed E-state index contributed by atoms with van der Waals surface area (Å²) in [6.45, 7) is 1.32. The van der Waals surface area contributed by atoms with Crippen LogP contribution in [0.2, 0.25) is 0 Å². The molecule has 1 atom stereocenters. The standard InChI is InChI=1S/C19H20N2O4S/c1-13-7-5-6-10-15(13)18(24)21-16(19(25)20-11-17(22)23)12-26-14-8-3-2-4-9-14/h2-10,16H,11-12H2,1H3,(H,20,25)(H,21,24)(H,22,23). The predicted molar refractivity (Wildman–Crippen MR) is 100 cm³/mol. The van der Waals surface area contributed by atoms with Gasteiger partial charge in [-0.25, -0.2) is 0 Å². The first kappa shape index (κ1) is 19.5. The van der Waals surface area contributed by atoms with Gasteiger partial charge < -0.3 is 15.7 Å². The average molecular weight is 372 g/mol. The number of carboxylic acids is 1. The summed E-state index contributed by atoms with van der Waals surface area (Å²) in [5.74, 6) is -1.75. The highest BCUT2D eigenvalue weighted by atomic mass is 32.2. The summed E-state index contributed by atoms with van der Waals surface area (Å²) in [7, 11) is 0. The lowest BCUT2D eigenvalue weighted by atomic mass is 10.1. The Morgan fingerprint density at radius 1 is 1.04 bits per heavy atom.